The van der Waals surface area contributed by atoms with E-state index in [1.807, 2.05) is 0 Å². The Labute approximate surface area is 83.6 Å². The molecule has 0 amide bonds. The first kappa shape index (κ1) is 8.33. The Morgan fingerprint density at radius 1 is 1.46 bits per heavy atom. The van der Waals surface area contributed by atoms with Crippen LogP contribution in [-0.4, -0.2) is 30.3 Å². The summed E-state index contributed by atoms with van der Waals surface area (Å²) in [4.78, 5) is 1.30. The Hall–Kier alpha value is 0.0100. The molecule has 4 atom stereocenters. The van der Waals surface area contributed by atoms with Gasteiger partial charge in [-0.05, 0) is 36.0 Å². The molecular formula is C10H14O2S. The summed E-state index contributed by atoms with van der Waals surface area (Å²) in [5, 5.41) is 0. The van der Waals surface area contributed by atoms with Crippen LogP contribution < -0.4 is 0 Å². The van der Waals surface area contributed by atoms with Crippen LogP contribution in [-0.2, 0) is 9.47 Å². The maximum Gasteiger partial charge on any atom is 0.104 e. The van der Waals surface area contributed by atoms with E-state index in [4.69, 9.17) is 21.7 Å². The number of hydrogen-bond acceptors (Lipinski definition) is 3. The maximum absolute atomic E-state index is 5.82. The van der Waals surface area contributed by atoms with E-state index in [2.05, 4.69) is 0 Å². The molecule has 2 nitrogen and oxygen atoms in total. The molecule has 3 rings (SSSR count). The molecule has 2 aliphatic carbocycles. The molecule has 3 fully saturated rings. The van der Waals surface area contributed by atoms with Crippen LogP contribution in [0.1, 0.15) is 19.3 Å². The number of epoxide rings is 1. The fourth-order valence-corrected chi connectivity index (χ4v) is 2.99. The van der Waals surface area contributed by atoms with Crippen LogP contribution in [0, 0.1) is 11.8 Å². The molecule has 13 heavy (non-hydrogen) atoms. The molecule has 4 unspecified atom stereocenters. The van der Waals surface area contributed by atoms with Gasteiger partial charge in [-0.25, -0.2) is 0 Å². The topological polar surface area (TPSA) is 21.8 Å². The van der Waals surface area contributed by atoms with Gasteiger partial charge in [0.1, 0.15) is 6.10 Å². The first-order valence-corrected chi connectivity index (χ1v) is 5.49. The zero-order valence-corrected chi connectivity index (χ0v) is 8.39. The quantitative estimate of drug-likeness (QED) is 0.507. The minimum absolute atomic E-state index is 0.408. The molecule has 0 aromatic carbocycles. The number of rotatable bonds is 3. The van der Waals surface area contributed by atoms with Gasteiger partial charge in [-0.15, -0.1) is 0 Å². The van der Waals surface area contributed by atoms with Gasteiger partial charge in [-0.2, -0.15) is 0 Å². The van der Waals surface area contributed by atoms with Gasteiger partial charge in [-0.3, -0.25) is 0 Å². The summed E-state index contributed by atoms with van der Waals surface area (Å²) < 4.78 is 10.9. The predicted molar refractivity (Wildman–Crippen MR) is 52.9 cm³/mol. The minimum atomic E-state index is 0.408. The van der Waals surface area contributed by atoms with E-state index in [1.54, 1.807) is 0 Å². The second-order valence-electron chi connectivity index (χ2n) is 4.43. The summed E-state index contributed by atoms with van der Waals surface area (Å²) in [6.07, 6.45) is 4.49. The molecule has 1 aliphatic heterocycles. The third-order valence-corrected chi connectivity index (χ3v) is 3.95. The number of hydrogen-bond donors (Lipinski definition) is 0. The molecule has 0 spiro atoms. The third kappa shape index (κ3) is 1.53. The Morgan fingerprint density at radius 3 is 2.85 bits per heavy atom. The zero-order chi connectivity index (χ0) is 8.84. The van der Waals surface area contributed by atoms with Crippen LogP contribution in [0.3, 0.4) is 0 Å². The summed E-state index contributed by atoms with van der Waals surface area (Å²) in [7, 11) is 0. The van der Waals surface area contributed by atoms with Crippen molar-refractivity contribution in [3.05, 3.63) is 0 Å². The fourth-order valence-electron chi connectivity index (χ4n) is 2.59. The van der Waals surface area contributed by atoms with E-state index in [0.29, 0.717) is 18.1 Å². The fraction of sp³-hybridized carbons (Fsp3) is 0.900. The Kier molecular flexibility index (Phi) is 1.93. The summed E-state index contributed by atoms with van der Waals surface area (Å²) in [6, 6.07) is 0. The van der Waals surface area contributed by atoms with Crippen molar-refractivity contribution in [3.63, 3.8) is 0 Å². The molecule has 2 bridgehead atoms. The largest absolute Gasteiger partial charge is 0.375 e. The highest BCUT2D eigenvalue weighted by molar-refractivity contribution is 7.80. The molecule has 2 saturated carbocycles. The zero-order valence-electron chi connectivity index (χ0n) is 7.57. The van der Waals surface area contributed by atoms with Crippen molar-refractivity contribution in [1.82, 2.24) is 0 Å². The minimum Gasteiger partial charge on any atom is -0.375 e. The van der Waals surface area contributed by atoms with Gasteiger partial charge in [0.25, 0.3) is 0 Å². The summed E-state index contributed by atoms with van der Waals surface area (Å²) in [5.41, 5.74) is 0. The van der Waals surface area contributed by atoms with Gasteiger partial charge in [0, 0.05) is 0 Å². The Balaban J connectivity index is 1.53. The lowest BCUT2D eigenvalue weighted by molar-refractivity contribution is 0.0179. The lowest BCUT2D eigenvalue weighted by Gasteiger charge is -2.22. The molecule has 0 N–H and O–H groups in total. The average Bonchev–Trinajstić information content (AvgIpc) is 2.77. The van der Waals surface area contributed by atoms with Crippen LogP contribution in [0.15, 0.2) is 0 Å². The number of ether oxygens (including phenoxy) is 2. The van der Waals surface area contributed by atoms with Crippen LogP contribution in [0.5, 0.6) is 0 Å². The highest BCUT2D eigenvalue weighted by atomic mass is 32.1. The second kappa shape index (κ2) is 3.01. The van der Waals surface area contributed by atoms with Crippen LogP contribution >= 0.6 is 12.2 Å². The molecule has 0 aromatic rings. The van der Waals surface area contributed by atoms with Crippen LogP contribution in [0.2, 0.25) is 0 Å². The van der Waals surface area contributed by atoms with Crippen molar-refractivity contribution in [3.8, 4) is 0 Å². The van der Waals surface area contributed by atoms with Crippen molar-refractivity contribution < 1.29 is 9.47 Å². The number of thiocarbonyl (C=S) groups is 1. The number of fused-ring (bicyclic) bond motifs is 2. The molecule has 0 aromatic heterocycles. The monoisotopic (exact) mass is 198 g/mol. The van der Waals surface area contributed by atoms with Crippen molar-refractivity contribution in [1.29, 1.82) is 0 Å². The summed E-state index contributed by atoms with van der Waals surface area (Å²) >= 11 is 5.29. The van der Waals surface area contributed by atoms with Crippen LogP contribution in [0.4, 0.5) is 0 Å². The highest BCUT2D eigenvalue weighted by Crippen LogP contribution is 2.44. The van der Waals surface area contributed by atoms with Gasteiger partial charge in [0.2, 0.25) is 0 Å². The standard InChI is InChI=1S/C10H14O2S/c13-10-3-6-1-7(10)2-9(6)12-5-8-4-11-8/h6-9H,1-5H2. The third-order valence-electron chi connectivity index (χ3n) is 3.45. The molecular weight excluding hydrogens is 184 g/mol. The average molecular weight is 198 g/mol. The predicted octanol–water partition coefficient (Wildman–Crippen LogP) is 1.57. The van der Waals surface area contributed by atoms with E-state index >= 15 is 0 Å². The maximum atomic E-state index is 5.82. The molecule has 1 saturated heterocycles. The van der Waals surface area contributed by atoms with Crippen molar-refractivity contribution in [2.45, 2.75) is 31.5 Å². The lowest BCUT2D eigenvalue weighted by Crippen LogP contribution is -2.25. The Bertz CT molecular complexity index is 237. The normalized spacial score (nSPS) is 47.2. The molecule has 72 valence electrons. The van der Waals surface area contributed by atoms with E-state index in [9.17, 15) is 0 Å². The lowest BCUT2D eigenvalue weighted by atomic mass is 9.97. The van der Waals surface area contributed by atoms with Crippen molar-refractivity contribution in [2.75, 3.05) is 13.2 Å². The molecule has 0 radical (unpaired) electrons. The first-order valence-electron chi connectivity index (χ1n) is 5.09. The van der Waals surface area contributed by atoms with E-state index in [0.717, 1.165) is 25.6 Å². The van der Waals surface area contributed by atoms with Gasteiger partial charge >= 0.3 is 0 Å². The van der Waals surface area contributed by atoms with E-state index in [-0.39, 0.29) is 0 Å². The molecule has 3 aliphatic rings. The van der Waals surface area contributed by atoms with Gasteiger partial charge < -0.3 is 9.47 Å². The second-order valence-corrected chi connectivity index (χ2v) is 4.95. The highest BCUT2D eigenvalue weighted by Gasteiger charge is 2.43. The van der Waals surface area contributed by atoms with Gasteiger partial charge in [0.15, 0.2) is 0 Å². The SMILES string of the molecule is S=C1CC2CC1CC2OCC1CO1. The molecule has 3 heteroatoms. The van der Waals surface area contributed by atoms with Crippen molar-refractivity contribution >= 4 is 17.1 Å². The summed E-state index contributed by atoms with van der Waals surface area (Å²) in [6.45, 7) is 1.71. The smallest absolute Gasteiger partial charge is 0.104 e. The first-order chi connectivity index (χ1) is 6.33. The van der Waals surface area contributed by atoms with Crippen LogP contribution in [0.25, 0.3) is 0 Å². The van der Waals surface area contributed by atoms with Gasteiger partial charge in [0.05, 0.1) is 19.3 Å². The Morgan fingerprint density at radius 2 is 2.31 bits per heavy atom. The van der Waals surface area contributed by atoms with E-state index in [1.165, 1.54) is 17.7 Å². The molecule has 1 heterocycles. The van der Waals surface area contributed by atoms with Gasteiger partial charge in [-0.1, -0.05) is 12.2 Å². The van der Waals surface area contributed by atoms with E-state index < -0.39 is 0 Å². The van der Waals surface area contributed by atoms with Crippen molar-refractivity contribution in [2.24, 2.45) is 11.8 Å². The summed E-state index contributed by atoms with van der Waals surface area (Å²) in [5.74, 6) is 1.43.